The molecule has 0 radical (unpaired) electrons. The first-order chi connectivity index (χ1) is 11.1. The molecule has 2 aromatic rings. The van der Waals surface area contributed by atoms with Crippen LogP contribution in [0.1, 0.15) is 18.5 Å². The average Bonchev–Trinajstić information content (AvgIpc) is 2.52. The van der Waals surface area contributed by atoms with E-state index >= 15 is 0 Å². The summed E-state index contributed by atoms with van der Waals surface area (Å²) in [6.45, 7) is 3.13. The number of halogens is 1. The molecule has 0 bridgehead atoms. The Morgan fingerprint density at radius 1 is 1.13 bits per heavy atom. The maximum absolute atomic E-state index is 11.7. The van der Waals surface area contributed by atoms with Gasteiger partial charge in [-0.3, -0.25) is 4.79 Å². The Bertz CT molecular complexity index is 711. The molecule has 0 aliphatic carbocycles. The lowest BCUT2D eigenvalue weighted by molar-refractivity contribution is 0.252. The van der Waals surface area contributed by atoms with Crippen LogP contribution in [0.3, 0.4) is 0 Å². The van der Waals surface area contributed by atoms with Crippen LogP contribution < -0.4 is 16.2 Å². The summed E-state index contributed by atoms with van der Waals surface area (Å²) in [4.78, 5) is 23.4. The van der Waals surface area contributed by atoms with Gasteiger partial charge in [-0.05, 0) is 50.1 Å². The summed E-state index contributed by atoms with van der Waals surface area (Å²) < 4.78 is 1.74. The summed E-state index contributed by atoms with van der Waals surface area (Å²) in [6.07, 6.45) is 1.63. The van der Waals surface area contributed by atoms with Crippen molar-refractivity contribution >= 4 is 23.3 Å². The van der Waals surface area contributed by atoms with Gasteiger partial charge in [0.15, 0.2) is 0 Å². The van der Waals surface area contributed by atoms with E-state index in [9.17, 15) is 9.59 Å². The number of aromatic nitrogens is 1. The van der Waals surface area contributed by atoms with Gasteiger partial charge in [0.05, 0.1) is 0 Å². The van der Waals surface area contributed by atoms with Gasteiger partial charge >= 0.3 is 6.03 Å². The van der Waals surface area contributed by atoms with Crippen LogP contribution in [0.15, 0.2) is 47.3 Å². The van der Waals surface area contributed by atoms with E-state index in [2.05, 4.69) is 10.6 Å². The number of amides is 2. The highest BCUT2D eigenvalue weighted by atomic mass is 35.5. The Morgan fingerprint density at radius 3 is 2.57 bits per heavy atom. The van der Waals surface area contributed by atoms with Crippen LogP contribution in [0, 0.1) is 6.92 Å². The number of carbonyl (C=O) groups excluding carboxylic acids is 1. The molecule has 23 heavy (non-hydrogen) atoms. The predicted molar refractivity (Wildman–Crippen MR) is 93.1 cm³/mol. The fourth-order valence-electron chi connectivity index (χ4n) is 2.22. The van der Waals surface area contributed by atoms with Crippen molar-refractivity contribution in [2.75, 3.05) is 11.9 Å². The smallest absolute Gasteiger partial charge is 0.319 e. The zero-order valence-electron chi connectivity index (χ0n) is 13.0. The number of benzene rings is 1. The van der Waals surface area contributed by atoms with Crippen molar-refractivity contribution in [2.24, 2.45) is 0 Å². The molecular weight excluding hydrogens is 314 g/mol. The number of pyridine rings is 1. The van der Waals surface area contributed by atoms with Gasteiger partial charge in [0.1, 0.15) is 0 Å². The van der Waals surface area contributed by atoms with E-state index in [4.69, 9.17) is 11.6 Å². The Morgan fingerprint density at radius 2 is 1.87 bits per heavy atom. The molecule has 0 fully saturated rings. The summed E-state index contributed by atoms with van der Waals surface area (Å²) in [5, 5.41) is 6.15. The summed E-state index contributed by atoms with van der Waals surface area (Å²) in [6, 6.07) is 11.9. The van der Waals surface area contributed by atoms with Gasteiger partial charge in [-0.25, -0.2) is 4.79 Å². The molecule has 0 saturated carbocycles. The van der Waals surface area contributed by atoms with Gasteiger partial charge in [0.25, 0.3) is 5.56 Å². The predicted octanol–water partition coefficient (Wildman–Crippen LogP) is 3.41. The van der Waals surface area contributed by atoms with Crippen molar-refractivity contribution < 1.29 is 4.79 Å². The van der Waals surface area contributed by atoms with Gasteiger partial charge < -0.3 is 15.2 Å². The Balaban J connectivity index is 1.68. The maximum atomic E-state index is 11.7. The summed E-state index contributed by atoms with van der Waals surface area (Å²) in [5.74, 6) is 0. The molecule has 1 aromatic heterocycles. The van der Waals surface area contributed by atoms with E-state index in [0.29, 0.717) is 23.8 Å². The third-order valence-corrected chi connectivity index (χ3v) is 3.72. The SMILES string of the molecule is Cc1cccc(=O)n1CCCCNC(=O)Nc1ccc(Cl)cc1. The van der Waals surface area contributed by atoms with Crippen molar-refractivity contribution in [3.63, 3.8) is 0 Å². The minimum Gasteiger partial charge on any atom is -0.338 e. The molecule has 2 N–H and O–H groups in total. The second-order valence-corrected chi connectivity index (χ2v) is 5.69. The minimum absolute atomic E-state index is 0.0124. The van der Waals surface area contributed by atoms with Crippen molar-refractivity contribution in [3.8, 4) is 0 Å². The molecule has 5 nitrogen and oxygen atoms in total. The second-order valence-electron chi connectivity index (χ2n) is 5.25. The number of hydrogen-bond donors (Lipinski definition) is 2. The molecule has 2 amide bonds. The summed E-state index contributed by atoms with van der Waals surface area (Å²) in [7, 11) is 0. The lowest BCUT2D eigenvalue weighted by Gasteiger charge is -2.10. The third kappa shape index (κ3) is 5.45. The lowest BCUT2D eigenvalue weighted by Crippen LogP contribution is -2.29. The zero-order chi connectivity index (χ0) is 16.7. The van der Waals surface area contributed by atoms with Gasteiger partial charge in [0, 0.05) is 35.6 Å². The maximum Gasteiger partial charge on any atom is 0.319 e. The Hall–Kier alpha value is -2.27. The van der Waals surface area contributed by atoms with Gasteiger partial charge in [0.2, 0.25) is 0 Å². The first kappa shape index (κ1) is 17.1. The number of carbonyl (C=O) groups is 1. The van der Waals surface area contributed by atoms with Crippen molar-refractivity contribution in [2.45, 2.75) is 26.3 Å². The van der Waals surface area contributed by atoms with Crippen molar-refractivity contribution in [3.05, 3.63) is 63.5 Å². The highest BCUT2D eigenvalue weighted by Crippen LogP contribution is 2.13. The highest BCUT2D eigenvalue weighted by Gasteiger charge is 2.02. The van der Waals surface area contributed by atoms with Crippen LogP contribution >= 0.6 is 11.6 Å². The molecule has 6 heteroatoms. The van der Waals surface area contributed by atoms with Crippen LogP contribution in [-0.2, 0) is 6.54 Å². The zero-order valence-corrected chi connectivity index (χ0v) is 13.8. The third-order valence-electron chi connectivity index (χ3n) is 3.46. The number of unbranched alkanes of at least 4 members (excludes halogenated alkanes) is 1. The molecule has 0 atom stereocenters. The first-order valence-corrected chi connectivity index (χ1v) is 7.91. The number of aryl methyl sites for hydroxylation is 1. The van der Waals surface area contributed by atoms with E-state index < -0.39 is 0 Å². The Labute approximate surface area is 140 Å². The summed E-state index contributed by atoms with van der Waals surface area (Å²) >= 11 is 5.79. The van der Waals surface area contributed by atoms with Crippen LogP contribution in [0.5, 0.6) is 0 Å². The van der Waals surface area contributed by atoms with Crippen molar-refractivity contribution in [1.82, 2.24) is 9.88 Å². The van der Waals surface area contributed by atoms with Gasteiger partial charge in [-0.1, -0.05) is 17.7 Å². The van der Waals surface area contributed by atoms with Gasteiger partial charge in [-0.2, -0.15) is 0 Å². The molecule has 1 heterocycles. The minimum atomic E-state index is -0.250. The largest absolute Gasteiger partial charge is 0.338 e. The van der Waals surface area contributed by atoms with Crippen LogP contribution in [0.4, 0.5) is 10.5 Å². The van der Waals surface area contributed by atoms with Crippen LogP contribution in [-0.4, -0.2) is 17.1 Å². The number of hydrogen-bond acceptors (Lipinski definition) is 2. The monoisotopic (exact) mass is 333 g/mol. The molecular formula is C17H20ClN3O2. The number of nitrogens with one attached hydrogen (secondary N) is 2. The van der Waals surface area contributed by atoms with Crippen LogP contribution in [0.25, 0.3) is 0 Å². The van der Waals surface area contributed by atoms with E-state index in [-0.39, 0.29) is 11.6 Å². The molecule has 0 aliphatic rings. The normalized spacial score (nSPS) is 10.3. The standard InChI is InChI=1S/C17H20ClN3O2/c1-13-5-4-6-16(22)21(13)12-3-2-11-19-17(23)20-15-9-7-14(18)8-10-15/h4-10H,2-3,11-12H2,1H3,(H2,19,20,23). The van der Waals surface area contributed by atoms with Gasteiger partial charge in [-0.15, -0.1) is 0 Å². The topological polar surface area (TPSA) is 63.1 Å². The summed E-state index contributed by atoms with van der Waals surface area (Å²) in [5.41, 5.74) is 1.66. The lowest BCUT2D eigenvalue weighted by atomic mass is 10.3. The second kappa shape index (κ2) is 8.39. The van der Waals surface area contributed by atoms with Crippen molar-refractivity contribution in [1.29, 1.82) is 0 Å². The first-order valence-electron chi connectivity index (χ1n) is 7.53. The number of urea groups is 1. The Kier molecular flexibility index (Phi) is 6.23. The molecule has 0 aliphatic heterocycles. The number of rotatable bonds is 6. The molecule has 0 saturated heterocycles. The number of nitrogens with zero attached hydrogens (tertiary/aromatic N) is 1. The fraction of sp³-hybridized carbons (Fsp3) is 0.294. The molecule has 1 aromatic carbocycles. The highest BCUT2D eigenvalue weighted by molar-refractivity contribution is 6.30. The average molecular weight is 334 g/mol. The fourth-order valence-corrected chi connectivity index (χ4v) is 2.34. The van der Waals surface area contributed by atoms with E-state index in [1.807, 2.05) is 13.0 Å². The molecule has 122 valence electrons. The van der Waals surface area contributed by atoms with Crippen LogP contribution in [0.2, 0.25) is 5.02 Å². The van der Waals surface area contributed by atoms with E-state index in [1.54, 1.807) is 41.0 Å². The molecule has 0 spiro atoms. The number of anilines is 1. The molecule has 0 unspecified atom stereocenters. The van der Waals surface area contributed by atoms with E-state index in [0.717, 1.165) is 18.5 Å². The van der Waals surface area contributed by atoms with E-state index in [1.165, 1.54) is 0 Å². The molecule has 2 rings (SSSR count). The quantitative estimate of drug-likeness (QED) is 0.796.